The van der Waals surface area contributed by atoms with E-state index < -0.39 is 0 Å². The first-order valence-corrected chi connectivity index (χ1v) is 9.32. The Labute approximate surface area is 155 Å². The van der Waals surface area contributed by atoms with Gasteiger partial charge in [-0.25, -0.2) is 9.97 Å². The van der Waals surface area contributed by atoms with E-state index in [2.05, 4.69) is 20.7 Å². The van der Waals surface area contributed by atoms with Gasteiger partial charge in [-0.2, -0.15) is 0 Å². The number of fused-ring (bicyclic) bond motifs is 1. The second-order valence-corrected chi connectivity index (χ2v) is 7.03. The number of benzene rings is 1. The van der Waals surface area contributed by atoms with Gasteiger partial charge in [0.25, 0.3) is 0 Å². The van der Waals surface area contributed by atoms with Crippen LogP contribution in [0.5, 0.6) is 0 Å². The van der Waals surface area contributed by atoms with Gasteiger partial charge in [0.1, 0.15) is 17.0 Å². The van der Waals surface area contributed by atoms with Crippen LogP contribution in [-0.4, -0.2) is 36.0 Å². The molecule has 7 heteroatoms. The summed E-state index contributed by atoms with van der Waals surface area (Å²) in [6.45, 7) is 2.96. The highest BCUT2D eigenvalue weighted by atomic mass is 35.5. The molecular formula is C18H19ClN4OS. The van der Waals surface area contributed by atoms with Gasteiger partial charge in [-0.05, 0) is 24.1 Å². The predicted molar refractivity (Wildman–Crippen MR) is 104 cm³/mol. The molecule has 0 fully saturated rings. The molecule has 0 bridgehead atoms. The van der Waals surface area contributed by atoms with E-state index in [0.717, 1.165) is 33.6 Å². The molecule has 1 N–H and O–H groups in total. The van der Waals surface area contributed by atoms with E-state index >= 15 is 0 Å². The summed E-state index contributed by atoms with van der Waals surface area (Å²) in [5, 5.41) is 6.62. The van der Waals surface area contributed by atoms with E-state index in [1.54, 1.807) is 17.7 Å². The van der Waals surface area contributed by atoms with Crippen molar-refractivity contribution < 1.29 is 4.79 Å². The molecule has 2 heterocycles. The van der Waals surface area contributed by atoms with E-state index in [1.165, 1.54) is 0 Å². The minimum Gasteiger partial charge on any atom is -0.355 e. The molecule has 130 valence electrons. The van der Waals surface area contributed by atoms with Gasteiger partial charge < -0.3 is 10.2 Å². The summed E-state index contributed by atoms with van der Waals surface area (Å²) >= 11 is 7.56. The van der Waals surface area contributed by atoms with Crippen LogP contribution in [0.2, 0.25) is 5.02 Å². The van der Waals surface area contributed by atoms with Gasteiger partial charge in [0.05, 0.1) is 11.9 Å². The quantitative estimate of drug-likeness (QED) is 0.709. The number of likely N-dealkylation sites (N-methyl/N-ethyl adjacent to an activating group) is 1. The van der Waals surface area contributed by atoms with Gasteiger partial charge in [-0.15, -0.1) is 11.3 Å². The highest BCUT2D eigenvalue weighted by Gasteiger charge is 2.17. The van der Waals surface area contributed by atoms with E-state index in [1.807, 2.05) is 43.1 Å². The summed E-state index contributed by atoms with van der Waals surface area (Å²) in [6, 6.07) is 7.70. The molecule has 0 saturated carbocycles. The Morgan fingerprint density at radius 1 is 1.28 bits per heavy atom. The average molecular weight is 375 g/mol. The SMILES string of the molecule is CCCNC(=O)CN(C)c1ncnc2scc(-c3ccc(Cl)cc3)c12. The fourth-order valence-corrected chi connectivity index (χ4v) is 3.64. The zero-order chi connectivity index (χ0) is 17.8. The lowest BCUT2D eigenvalue weighted by molar-refractivity contribution is -0.119. The molecule has 0 aliphatic heterocycles. The standard InChI is InChI=1S/C18H19ClN4OS/c1-3-8-20-15(24)9-23(2)17-16-14(10-25-18(16)22-11-21-17)12-4-6-13(19)7-5-12/h4-7,10-11H,3,8-9H2,1-2H3,(H,20,24). The minimum absolute atomic E-state index is 0.0145. The van der Waals surface area contributed by atoms with Crippen LogP contribution in [0, 0.1) is 0 Å². The first kappa shape index (κ1) is 17.6. The van der Waals surface area contributed by atoms with Crippen LogP contribution < -0.4 is 10.2 Å². The number of carbonyl (C=O) groups is 1. The van der Waals surface area contributed by atoms with Crippen molar-refractivity contribution in [1.29, 1.82) is 0 Å². The maximum absolute atomic E-state index is 12.0. The predicted octanol–water partition coefficient (Wildman–Crippen LogP) is 3.97. The molecule has 1 amide bonds. The highest BCUT2D eigenvalue weighted by molar-refractivity contribution is 7.17. The molecule has 1 aromatic carbocycles. The second-order valence-electron chi connectivity index (χ2n) is 5.74. The zero-order valence-electron chi connectivity index (χ0n) is 14.1. The summed E-state index contributed by atoms with van der Waals surface area (Å²) in [5.41, 5.74) is 2.10. The highest BCUT2D eigenvalue weighted by Crippen LogP contribution is 2.37. The Balaban J connectivity index is 1.97. The molecule has 25 heavy (non-hydrogen) atoms. The first-order chi connectivity index (χ1) is 12.1. The van der Waals surface area contributed by atoms with Crippen LogP contribution in [0.3, 0.4) is 0 Å². The molecule has 0 saturated heterocycles. The van der Waals surface area contributed by atoms with Gasteiger partial charge in [0.15, 0.2) is 0 Å². The van der Waals surface area contributed by atoms with Crippen molar-refractivity contribution in [1.82, 2.24) is 15.3 Å². The Kier molecular flexibility index (Phi) is 5.50. The number of aromatic nitrogens is 2. The van der Waals surface area contributed by atoms with Gasteiger partial charge in [0.2, 0.25) is 5.91 Å². The number of hydrogen-bond acceptors (Lipinski definition) is 5. The van der Waals surface area contributed by atoms with E-state index in [4.69, 9.17) is 11.6 Å². The summed E-state index contributed by atoms with van der Waals surface area (Å²) in [5.74, 6) is 0.738. The van der Waals surface area contributed by atoms with Crippen molar-refractivity contribution in [2.45, 2.75) is 13.3 Å². The van der Waals surface area contributed by atoms with Crippen LogP contribution in [0.25, 0.3) is 21.3 Å². The Morgan fingerprint density at radius 2 is 2.04 bits per heavy atom. The smallest absolute Gasteiger partial charge is 0.239 e. The maximum atomic E-state index is 12.0. The normalized spacial score (nSPS) is 10.8. The van der Waals surface area contributed by atoms with Crippen LogP contribution in [0.15, 0.2) is 36.0 Å². The molecule has 0 atom stereocenters. The number of thiophene rings is 1. The van der Waals surface area contributed by atoms with Crippen molar-refractivity contribution in [3.63, 3.8) is 0 Å². The number of anilines is 1. The summed E-state index contributed by atoms with van der Waals surface area (Å²) in [6.07, 6.45) is 2.46. The number of carbonyl (C=O) groups excluding carboxylic acids is 1. The molecule has 0 spiro atoms. The molecule has 3 rings (SSSR count). The number of rotatable bonds is 6. The molecule has 3 aromatic rings. The van der Waals surface area contributed by atoms with Gasteiger partial charge in [0, 0.05) is 29.6 Å². The van der Waals surface area contributed by atoms with Gasteiger partial charge >= 0.3 is 0 Å². The molecule has 0 aliphatic carbocycles. The molecule has 5 nitrogen and oxygen atoms in total. The lowest BCUT2D eigenvalue weighted by atomic mass is 10.1. The topological polar surface area (TPSA) is 58.1 Å². The lowest BCUT2D eigenvalue weighted by Gasteiger charge is -2.19. The number of halogens is 1. The van der Waals surface area contributed by atoms with Crippen LogP contribution in [-0.2, 0) is 4.79 Å². The number of hydrogen-bond donors (Lipinski definition) is 1. The number of nitrogens with zero attached hydrogens (tertiary/aromatic N) is 3. The maximum Gasteiger partial charge on any atom is 0.239 e. The summed E-state index contributed by atoms with van der Waals surface area (Å²) in [4.78, 5) is 23.6. The molecule has 0 radical (unpaired) electrons. The van der Waals surface area contributed by atoms with Crippen molar-refractivity contribution in [2.75, 3.05) is 25.0 Å². The van der Waals surface area contributed by atoms with Crippen molar-refractivity contribution in [2.24, 2.45) is 0 Å². The first-order valence-electron chi connectivity index (χ1n) is 8.06. The largest absolute Gasteiger partial charge is 0.355 e. The minimum atomic E-state index is -0.0145. The third-order valence-corrected chi connectivity index (χ3v) is 4.96. The van der Waals surface area contributed by atoms with Crippen molar-refractivity contribution in [3.8, 4) is 11.1 Å². The third kappa shape index (κ3) is 3.91. The third-order valence-electron chi connectivity index (χ3n) is 3.82. The van der Waals surface area contributed by atoms with Crippen LogP contribution in [0.1, 0.15) is 13.3 Å². The fraction of sp³-hybridized carbons (Fsp3) is 0.278. The lowest BCUT2D eigenvalue weighted by Crippen LogP contribution is -2.35. The fourth-order valence-electron chi connectivity index (χ4n) is 2.60. The second kappa shape index (κ2) is 7.80. The van der Waals surface area contributed by atoms with Gasteiger partial charge in [-0.1, -0.05) is 30.7 Å². The Hall–Kier alpha value is -2.18. The van der Waals surface area contributed by atoms with Crippen molar-refractivity contribution >= 4 is 44.9 Å². The summed E-state index contributed by atoms with van der Waals surface area (Å²) in [7, 11) is 1.87. The monoisotopic (exact) mass is 374 g/mol. The van der Waals surface area contributed by atoms with Crippen LogP contribution in [0.4, 0.5) is 5.82 Å². The van der Waals surface area contributed by atoms with E-state index in [-0.39, 0.29) is 12.5 Å². The average Bonchev–Trinajstić information content (AvgIpc) is 3.04. The van der Waals surface area contributed by atoms with Crippen LogP contribution >= 0.6 is 22.9 Å². The molecule has 0 aliphatic rings. The zero-order valence-corrected chi connectivity index (χ0v) is 15.7. The number of nitrogens with one attached hydrogen (secondary N) is 1. The Bertz CT molecular complexity index is 878. The van der Waals surface area contributed by atoms with Crippen molar-refractivity contribution in [3.05, 3.63) is 41.0 Å². The molecule has 0 unspecified atom stereocenters. The molecular weight excluding hydrogens is 356 g/mol. The number of amides is 1. The van der Waals surface area contributed by atoms with E-state index in [9.17, 15) is 4.79 Å². The van der Waals surface area contributed by atoms with Gasteiger partial charge in [-0.3, -0.25) is 4.79 Å². The van der Waals surface area contributed by atoms with E-state index in [0.29, 0.717) is 11.6 Å². The molecule has 2 aromatic heterocycles. The Morgan fingerprint density at radius 3 is 2.76 bits per heavy atom. The summed E-state index contributed by atoms with van der Waals surface area (Å²) < 4.78 is 0.